The average Bonchev–Trinajstić information content (AvgIpc) is 2.36. The number of benzene rings is 1. The minimum atomic E-state index is -3.71. The second-order valence-electron chi connectivity index (χ2n) is 5.20. The Morgan fingerprint density at radius 2 is 2.14 bits per heavy atom. The molecule has 0 fully saturated rings. The van der Waals surface area contributed by atoms with Crippen LogP contribution in [0, 0.1) is 5.92 Å². The Morgan fingerprint density at radius 1 is 1.43 bits per heavy atom. The Balaban J connectivity index is 2.25. The molecule has 2 rings (SSSR count). The van der Waals surface area contributed by atoms with E-state index in [9.17, 15) is 13.2 Å². The molecule has 1 aromatic carbocycles. The SMILES string of the molecule is CC(C)CCNS(=O)(=O)c1cc2c(cc1Cl)NC(=O)CO2. The molecule has 8 heteroatoms. The second kappa shape index (κ2) is 6.21. The number of ether oxygens (including phenoxy) is 1. The first-order valence-electron chi connectivity index (χ1n) is 6.55. The van der Waals surface area contributed by atoms with E-state index in [2.05, 4.69) is 10.0 Å². The van der Waals surface area contributed by atoms with E-state index in [0.29, 0.717) is 23.9 Å². The summed E-state index contributed by atoms with van der Waals surface area (Å²) < 4.78 is 32.2. The third-order valence-corrected chi connectivity index (χ3v) is 4.90. The van der Waals surface area contributed by atoms with Gasteiger partial charge in [-0.2, -0.15) is 0 Å². The Bertz CT molecular complexity index is 658. The highest BCUT2D eigenvalue weighted by Gasteiger charge is 2.24. The third kappa shape index (κ3) is 3.87. The number of fused-ring (bicyclic) bond motifs is 1. The lowest BCUT2D eigenvalue weighted by Gasteiger charge is -2.19. The Morgan fingerprint density at radius 3 is 2.81 bits per heavy atom. The molecule has 1 amide bonds. The topological polar surface area (TPSA) is 84.5 Å². The van der Waals surface area contributed by atoms with E-state index < -0.39 is 10.0 Å². The average molecular weight is 333 g/mol. The third-order valence-electron chi connectivity index (χ3n) is 2.97. The van der Waals surface area contributed by atoms with Gasteiger partial charge in [0.15, 0.2) is 6.61 Å². The molecule has 1 heterocycles. The van der Waals surface area contributed by atoms with E-state index in [1.807, 2.05) is 13.8 Å². The number of rotatable bonds is 5. The number of hydrogen-bond donors (Lipinski definition) is 2. The van der Waals surface area contributed by atoms with Crippen molar-refractivity contribution in [3.8, 4) is 5.75 Å². The fourth-order valence-electron chi connectivity index (χ4n) is 1.85. The standard InChI is InChI=1S/C13H17ClN2O4S/c1-8(2)3-4-15-21(18,19)12-6-11-10(5-9(12)14)16-13(17)7-20-11/h5-6,8,15H,3-4,7H2,1-2H3,(H,16,17). The molecule has 1 aliphatic heterocycles. The van der Waals surface area contributed by atoms with Gasteiger partial charge in [-0.25, -0.2) is 13.1 Å². The van der Waals surface area contributed by atoms with Gasteiger partial charge in [0.25, 0.3) is 5.91 Å². The van der Waals surface area contributed by atoms with E-state index in [1.165, 1.54) is 12.1 Å². The van der Waals surface area contributed by atoms with Crippen LogP contribution in [0.15, 0.2) is 17.0 Å². The first-order valence-corrected chi connectivity index (χ1v) is 8.41. The zero-order valence-corrected chi connectivity index (χ0v) is 13.3. The molecule has 21 heavy (non-hydrogen) atoms. The van der Waals surface area contributed by atoms with Crippen LogP contribution >= 0.6 is 11.6 Å². The first kappa shape index (κ1) is 16.1. The summed E-state index contributed by atoms with van der Waals surface area (Å²) in [5.74, 6) is 0.387. The summed E-state index contributed by atoms with van der Waals surface area (Å²) >= 11 is 6.01. The van der Waals surface area contributed by atoms with E-state index >= 15 is 0 Å². The van der Waals surface area contributed by atoms with Gasteiger partial charge in [0, 0.05) is 12.6 Å². The minimum Gasteiger partial charge on any atom is -0.482 e. The maximum Gasteiger partial charge on any atom is 0.262 e. The normalized spacial score (nSPS) is 14.6. The summed E-state index contributed by atoms with van der Waals surface area (Å²) in [6, 6.07) is 2.71. The zero-order valence-electron chi connectivity index (χ0n) is 11.8. The monoisotopic (exact) mass is 332 g/mol. The number of halogens is 1. The number of sulfonamides is 1. The van der Waals surface area contributed by atoms with Crippen LogP contribution in [0.2, 0.25) is 5.02 Å². The lowest BCUT2D eigenvalue weighted by atomic mass is 10.1. The number of anilines is 1. The van der Waals surface area contributed by atoms with Gasteiger partial charge in [-0.15, -0.1) is 0 Å². The lowest BCUT2D eigenvalue weighted by Crippen LogP contribution is -2.28. The van der Waals surface area contributed by atoms with Gasteiger partial charge in [-0.1, -0.05) is 25.4 Å². The number of hydrogen-bond acceptors (Lipinski definition) is 4. The van der Waals surface area contributed by atoms with Crippen molar-refractivity contribution in [2.24, 2.45) is 5.92 Å². The van der Waals surface area contributed by atoms with Crippen molar-refractivity contribution < 1.29 is 17.9 Å². The maximum absolute atomic E-state index is 12.2. The van der Waals surface area contributed by atoms with Gasteiger partial charge in [-0.05, 0) is 18.4 Å². The van der Waals surface area contributed by atoms with Crippen LogP contribution in [0.5, 0.6) is 5.75 Å². The second-order valence-corrected chi connectivity index (χ2v) is 7.34. The van der Waals surface area contributed by atoms with Crippen LogP contribution in [0.4, 0.5) is 5.69 Å². The number of amides is 1. The van der Waals surface area contributed by atoms with Crippen molar-refractivity contribution in [2.75, 3.05) is 18.5 Å². The molecule has 0 spiro atoms. The summed E-state index contributed by atoms with van der Waals surface area (Å²) in [6.07, 6.45) is 0.731. The molecule has 0 radical (unpaired) electrons. The van der Waals surface area contributed by atoms with E-state index in [0.717, 1.165) is 6.42 Å². The molecule has 116 valence electrons. The smallest absolute Gasteiger partial charge is 0.262 e. The van der Waals surface area contributed by atoms with Crippen molar-refractivity contribution in [1.82, 2.24) is 4.72 Å². The van der Waals surface area contributed by atoms with Crippen LogP contribution in [0.3, 0.4) is 0 Å². The molecular formula is C13H17ClN2O4S. The fraction of sp³-hybridized carbons (Fsp3) is 0.462. The minimum absolute atomic E-state index is 0.0385. The number of carbonyl (C=O) groups excluding carboxylic acids is 1. The van der Waals surface area contributed by atoms with E-state index in [1.54, 1.807) is 0 Å². The van der Waals surface area contributed by atoms with Gasteiger partial charge in [0.2, 0.25) is 10.0 Å². The predicted molar refractivity (Wildman–Crippen MR) is 80.2 cm³/mol. The van der Waals surface area contributed by atoms with Gasteiger partial charge in [0.1, 0.15) is 10.6 Å². The zero-order chi connectivity index (χ0) is 15.6. The molecule has 2 N–H and O–H groups in total. The summed E-state index contributed by atoms with van der Waals surface area (Å²) in [6.45, 7) is 4.22. The molecule has 6 nitrogen and oxygen atoms in total. The van der Waals surface area contributed by atoms with Gasteiger partial charge >= 0.3 is 0 Å². The van der Waals surface area contributed by atoms with Crippen LogP contribution in [0.25, 0.3) is 0 Å². The van der Waals surface area contributed by atoms with Gasteiger partial charge in [-0.3, -0.25) is 4.79 Å². The van der Waals surface area contributed by atoms with Crippen LogP contribution in [-0.4, -0.2) is 27.5 Å². The Kier molecular flexibility index (Phi) is 4.75. The molecule has 1 aliphatic rings. The highest BCUT2D eigenvalue weighted by Crippen LogP contribution is 2.35. The lowest BCUT2D eigenvalue weighted by molar-refractivity contribution is -0.118. The summed E-state index contributed by atoms with van der Waals surface area (Å²) in [7, 11) is -3.71. The van der Waals surface area contributed by atoms with Crippen molar-refractivity contribution >= 4 is 33.2 Å². The Hall–Kier alpha value is -1.31. The fourth-order valence-corrected chi connectivity index (χ4v) is 3.44. The quantitative estimate of drug-likeness (QED) is 0.863. The largest absolute Gasteiger partial charge is 0.482 e. The summed E-state index contributed by atoms with van der Waals surface area (Å²) in [5, 5.41) is 2.61. The predicted octanol–water partition coefficient (Wildman–Crippen LogP) is 2.00. The molecule has 0 unspecified atom stereocenters. The molecule has 1 aromatic rings. The Labute approximate surface area is 128 Å². The maximum atomic E-state index is 12.2. The number of nitrogens with one attached hydrogen (secondary N) is 2. The van der Waals surface area contributed by atoms with Crippen molar-refractivity contribution in [3.63, 3.8) is 0 Å². The molecule has 0 bridgehead atoms. The molecule has 0 aromatic heterocycles. The van der Waals surface area contributed by atoms with E-state index in [4.69, 9.17) is 16.3 Å². The first-order chi connectivity index (χ1) is 9.79. The van der Waals surface area contributed by atoms with Crippen molar-refractivity contribution in [2.45, 2.75) is 25.2 Å². The highest BCUT2D eigenvalue weighted by molar-refractivity contribution is 7.89. The number of carbonyl (C=O) groups is 1. The molecule has 0 saturated carbocycles. The summed E-state index contributed by atoms with van der Waals surface area (Å²) in [4.78, 5) is 11.2. The van der Waals surface area contributed by atoms with Crippen molar-refractivity contribution in [1.29, 1.82) is 0 Å². The highest BCUT2D eigenvalue weighted by atomic mass is 35.5. The van der Waals surface area contributed by atoms with Crippen LogP contribution in [0.1, 0.15) is 20.3 Å². The molecule has 0 atom stereocenters. The summed E-state index contributed by atoms with van der Waals surface area (Å²) in [5.41, 5.74) is 0.373. The van der Waals surface area contributed by atoms with Gasteiger partial charge in [0.05, 0.1) is 10.7 Å². The van der Waals surface area contributed by atoms with Gasteiger partial charge < -0.3 is 10.1 Å². The van der Waals surface area contributed by atoms with Crippen LogP contribution < -0.4 is 14.8 Å². The molecular weight excluding hydrogens is 316 g/mol. The van der Waals surface area contributed by atoms with Crippen LogP contribution in [-0.2, 0) is 14.8 Å². The van der Waals surface area contributed by atoms with E-state index in [-0.39, 0.29) is 22.4 Å². The molecule has 0 aliphatic carbocycles. The van der Waals surface area contributed by atoms with Crippen molar-refractivity contribution in [3.05, 3.63) is 17.2 Å². The molecule has 0 saturated heterocycles.